The molecule has 4 N–H and O–H groups in total. The van der Waals surface area contributed by atoms with Gasteiger partial charge in [-0.15, -0.1) is 0 Å². The summed E-state index contributed by atoms with van der Waals surface area (Å²) in [5.74, 6) is 0.871. The van der Waals surface area contributed by atoms with Crippen LogP contribution >= 0.6 is 0 Å². The molecule has 6 heteroatoms. The molecule has 13 heavy (non-hydrogen) atoms. The van der Waals surface area contributed by atoms with Gasteiger partial charge in [-0.3, -0.25) is 9.78 Å². The van der Waals surface area contributed by atoms with Crippen LogP contribution in [0, 0.1) is 0 Å². The Labute approximate surface area is 75.8 Å². The van der Waals surface area contributed by atoms with Crippen molar-refractivity contribution in [2.24, 2.45) is 0 Å². The summed E-state index contributed by atoms with van der Waals surface area (Å²) in [6, 6.07) is 0. The van der Waals surface area contributed by atoms with Gasteiger partial charge in [0.05, 0.1) is 0 Å². The maximum Gasteiger partial charge on any atom is 0.277 e. The fraction of sp³-hybridized carbons (Fsp3) is 0.429. The Morgan fingerprint density at radius 1 is 1.54 bits per heavy atom. The van der Waals surface area contributed by atoms with Gasteiger partial charge in [0, 0.05) is 21.1 Å². The van der Waals surface area contributed by atoms with Crippen LogP contribution in [0.4, 0.5) is 17.5 Å². The van der Waals surface area contributed by atoms with E-state index in [1.165, 1.54) is 0 Å². The third-order valence-corrected chi connectivity index (χ3v) is 1.60. The van der Waals surface area contributed by atoms with Crippen LogP contribution in [0.5, 0.6) is 0 Å². The number of hydrogen-bond acceptors (Lipinski definition) is 5. The van der Waals surface area contributed by atoms with Crippen LogP contribution in [0.3, 0.4) is 0 Å². The largest absolute Gasteiger partial charge is 0.391 e. The number of nitrogens with one attached hydrogen (secondary N) is 2. The molecule has 0 aliphatic carbocycles. The summed E-state index contributed by atoms with van der Waals surface area (Å²) in [4.78, 5) is 19.6. The molecule has 6 nitrogen and oxygen atoms in total. The third kappa shape index (κ3) is 1.71. The highest BCUT2D eigenvalue weighted by atomic mass is 16.1. The van der Waals surface area contributed by atoms with Gasteiger partial charge in [0.25, 0.3) is 5.56 Å². The molecule has 1 aromatic heterocycles. The fourth-order valence-electron chi connectivity index (χ4n) is 0.873. The van der Waals surface area contributed by atoms with E-state index in [4.69, 9.17) is 5.73 Å². The molecule has 0 aliphatic heterocycles. The summed E-state index contributed by atoms with van der Waals surface area (Å²) in [5, 5.41) is 2.75. The molecule has 0 atom stereocenters. The van der Waals surface area contributed by atoms with Gasteiger partial charge in [-0.05, 0) is 0 Å². The molecule has 0 bridgehead atoms. The van der Waals surface area contributed by atoms with E-state index in [9.17, 15) is 4.79 Å². The fourth-order valence-corrected chi connectivity index (χ4v) is 0.873. The number of aromatic nitrogens is 2. The minimum Gasteiger partial charge on any atom is -0.391 e. The van der Waals surface area contributed by atoms with E-state index < -0.39 is 0 Å². The van der Waals surface area contributed by atoms with Crippen LogP contribution in [0.2, 0.25) is 0 Å². The number of H-pyrrole nitrogens is 1. The van der Waals surface area contributed by atoms with E-state index in [1.54, 1.807) is 26.0 Å². The van der Waals surface area contributed by atoms with Crippen molar-refractivity contribution in [3.8, 4) is 0 Å². The normalized spacial score (nSPS) is 9.77. The van der Waals surface area contributed by atoms with Crippen LogP contribution in [0.15, 0.2) is 4.79 Å². The van der Waals surface area contributed by atoms with Gasteiger partial charge in [-0.2, -0.15) is 4.98 Å². The maximum atomic E-state index is 11.2. The van der Waals surface area contributed by atoms with E-state index >= 15 is 0 Å². The number of hydrogen-bond donors (Lipinski definition) is 3. The highest BCUT2D eigenvalue weighted by molar-refractivity contribution is 5.61. The van der Waals surface area contributed by atoms with E-state index in [2.05, 4.69) is 15.3 Å². The first-order chi connectivity index (χ1) is 6.06. The molecule has 72 valence electrons. The average Bonchev–Trinajstić information content (AvgIpc) is 2.09. The number of anilines is 3. The number of nitrogen functional groups attached to an aromatic ring is 1. The summed E-state index contributed by atoms with van der Waals surface area (Å²) in [5.41, 5.74) is 5.25. The van der Waals surface area contributed by atoms with Crippen molar-refractivity contribution in [3.05, 3.63) is 10.4 Å². The van der Waals surface area contributed by atoms with Crippen molar-refractivity contribution in [1.82, 2.24) is 9.97 Å². The molecule has 1 rings (SSSR count). The SMILES string of the molecule is CNc1nc(N(C)C)[nH]c(=O)c1N. The van der Waals surface area contributed by atoms with Gasteiger partial charge in [0.2, 0.25) is 5.95 Å². The Balaban J connectivity index is 3.31. The molecule has 0 saturated carbocycles. The van der Waals surface area contributed by atoms with Gasteiger partial charge in [0.15, 0.2) is 5.82 Å². The lowest BCUT2D eigenvalue weighted by Crippen LogP contribution is -2.22. The van der Waals surface area contributed by atoms with E-state index in [-0.39, 0.29) is 11.2 Å². The van der Waals surface area contributed by atoms with E-state index in [0.29, 0.717) is 11.8 Å². The summed E-state index contributed by atoms with van der Waals surface area (Å²) in [6.07, 6.45) is 0. The van der Waals surface area contributed by atoms with Gasteiger partial charge < -0.3 is 16.0 Å². The number of nitrogens with zero attached hydrogens (tertiary/aromatic N) is 2. The summed E-state index contributed by atoms with van der Waals surface area (Å²) in [7, 11) is 5.24. The van der Waals surface area contributed by atoms with Crippen molar-refractivity contribution >= 4 is 17.5 Å². The summed E-state index contributed by atoms with van der Waals surface area (Å²) < 4.78 is 0. The molecule has 1 heterocycles. The zero-order chi connectivity index (χ0) is 10.0. The lowest BCUT2D eigenvalue weighted by atomic mass is 10.5. The molecular formula is C7H13N5O. The highest BCUT2D eigenvalue weighted by Gasteiger charge is 2.07. The van der Waals surface area contributed by atoms with Crippen LogP contribution in [-0.2, 0) is 0 Å². The van der Waals surface area contributed by atoms with Crippen LogP contribution in [-0.4, -0.2) is 31.1 Å². The molecule has 0 saturated heterocycles. The van der Waals surface area contributed by atoms with Gasteiger partial charge >= 0.3 is 0 Å². The Kier molecular flexibility index (Phi) is 2.41. The molecule has 0 aliphatic rings. The molecule has 0 aromatic carbocycles. The smallest absolute Gasteiger partial charge is 0.277 e. The Hall–Kier alpha value is -1.72. The Morgan fingerprint density at radius 3 is 2.62 bits per heavy atom. The monoisotopic (exact) mass is 183 g/mol. The highest BCUT2D eigenvalue weighted by Crippen LogP contribution is 2.11. The first kappa shape index (κ1) is 9.37. The van der Waals surface area contributed by atoms with E-state index in [0.717, 1.165) is 0 Å². The Morgan fingerprint density at radius 2 is 2.15 bits per heavy atom. The number of nitrogens with two attached hydrogens (primary N) is 1. The van der Waals surface area contributed by atoms with Crippen LogP contribution < -0.4 is 21.5 Å². The average molecular weight is 183 g/mol. The number of aromatic amines is 1. The predicted octanol–water partition coefficient (Wildman–Crippen LogP) is -0.540. The molecular weight excluding hydrogens is 170 g/mol. The molecule has 1 aromatic rings. The standard InChI is InChI=1S/C7H13N5O/c1-9-5-4(8)6(13)11-7(10-5)12(2)3/h8H2,1-3H3,(H2,9,10,11,13). The lowest BCUT2D eigenvalue weighted by molar-refractivity contribution is 0.985. The third-order valence-electron chi connectivity index (χ3n) is 1.60. The first-order valence-corrected chi connectivity index (χ1v) is 3.81. The topological polar surface area (TPSA) is 87.0 Å². The summed E-state index contributed by atoms with van der Waals surface area (Å²) in [6.45, 7) is 0. The van der Waals surface area contributed by atoms with Gasteiger partial charge in [-0.25, -0.2) is 0 Å². The van der Waals surface area contributed by atoms with Crippen molar-refractivity contribution < 1.29 is 0 Å². The predicted molar refractivity (Wildman–Crippen MR) is 53.1 cm³/mol. The van der Waals surface area contributed by atoms with Crippen molar-refractivity contribution in [1.29, 1.82) is 0 Å². The lowest BCUT2D eigenvalue weighted by Gasteiger charge is -2.12. The molecule has 0 radical (unpaired) electrons. The maximum absolute atomic E-state index is 11.2. The molecule has 0 amide bonds. The van der Waals surface area contributed by atoms with Gasteiger partial charge in [-0.1, -0.05) is 0 Å². The number of rotatable bonds is 2. The quantitative estimate of drug-likeness (QED) is 0.573. The molecule has 0 spiro atoms. The first-order valence-electron chi connectivity index (χ1n) is 3.81. The summed E-state index contributed by atoms with van der Waals surface area (Å²) >= 11 is 0. The van der Waals surface area contributed by atoms with Crippen LogP contribution in [0.1, 0.15) is 0 Å². The van der Waals surface area contributed by atoms with Crippen LogP contribution in [0.25, 0.3) is 0 Å². The Bertz CT molecular complexity index is 356. The van der Waals surface area contributed by atoms with Crippen molar-refractivity contribution in [2.45, 2.75) is 0 Å². The van der Waals surface area contributed by atoms with E-state index in [1.807, 2.05) is 0 Å². The molecule has 0 fully saturated rings. The second kappa shape index (κ2) is 3.34. The second-order valence-electron chi connectivity index (χ2n) is 2.80. The minimum absolute atomic E-state index is 0.105. The molecule has 0 unspecified atom stereocenters. The second-order valence-corrected chi connectivity index (χ2v) is 2.80. The van der Waals surface area contributed by atoms with Gasteiger partial charge in [0.1, 0.15) is 5.69 Å². The van der Waals surface area contributed by atoms with Crippen molar-refractivity contribution in [3.63, 3.8) is 0 Å². The zero-order valence-corrected chi connectivity index (χ0v) is 7.88. The zero-order valence-electron chi connectivity index (χ0n) is 7.88. The minimum atomic E-state index is -0.331. The van der Waals surface area contributed by atoms with Crippen molar-refractivity contribution in [2.75, 3.05) is 37.1 Å².